The summed E-state index contributed by atoms with van der Waals surface area (Å²) in [5, 5.41) is 12.7. The van der Waals surface area contributed by atoms with Gasteiger partial charge in [-0.15, -0.1) is 21.5 Å². The van der Waals surface area contributed by atoms with Crippen molar-refractivity contribution in [1.82, 2.24) is 15.5 Å². The van der Waals surface area contributed by atoms with Gasteiger partial charge in [-0.25, -0.2) is 0 Å². The second-order valence-electron chi connectivity index (χ2n) is 4.35. The molecule has 0 fully saturated rings. The molecule has 0 aliphatic heterocycles. The predicted molar refractivity (Wildman–Crippen MR) is 80.1 cm³/mol. The lowest BCUT2D eigenvalue weighted by Crippen LogP contribution is -2.24. The number of hydrogen-bond donors (Lipinski definition) is 1. The van der Waals surface area contributed by atoms with Crippen LogP contribution < -0.4 is 5.32 Å². The number of hydrogen-bond acceptors (Lipinski definition) is 5. The van der Waals surface area contributed by atoms with E-state index in [0.717, 1.165) is 5.56 Å². The van der Waals surface area contributed by atoms with Gasteiger partial charge < -0.3 is 9.73 Å². The number of thiophene rings is 1. The highest BCUT2D eigenvalue weighted by Gasteiger charge is 2.09. The van der Waals surface area contributed by atoms with E-state index in [1.165, 1.54) is 11.3 Å². The van der Waals surface area contributed by atoms with Crippen molar-refractivity contribution in [2.75, 3.05) is 6.54 Å². The van der Waals surface area contributed by atoms with Crippen molar-refractivity contribution in [3.8, 4) is 11.5 Å². The highest BCUT2D eigenvalue weighted by atomic mass is 32.1. The summed E-state index contributed by atoms with van der Waals surface area (Å²) in [6.45, 7) is 0.465. The molecule has 0 radical (unpaired) electrons. The average Bonchev–Trinajstić information content (AvgIpc) is 3.20. The molecule has 0 aliphatic rings. The van der Waals surface area contributed by atoms with Crippen LogP contribution in [0.1, 0.15) is 15.6 Å². The molecule has 0 bridgehead atoms. The summed E-state index contributed by atoms with van der Waals surface area (Å²) in [5.74, 6) is 0.934. The van der Waals surface area contributed by atoms with E-state index in [2.05, 4.69) is 15.5 Å². The molecule has 2 heterocycles. The number of carbonyl (C=O) groups is 1. The first kappa shape index (κ1) is 13.5. The van der Waals surface area contributed by atoms with Gasteiger partial charge in [-0.2, -0.15) is 0 Å². The van der Waals surface area contributed by atoms with E-state index < -0.39 is 0 Å². The highest BCUT2D eigenvalue weighted by molar-refractivity contribution is 7.12. The molecule has 6 heteroatoms. The van der Waals surface area contributed by atoms with Crippen LogP contribution in [-0.4, -0.2) is 22.6 Å². The molecule has 21 heavy (non-hydrogen) atoms. The largest absolute Gasteiger partial charge is 0.421 e. The third-order valence-corrected chi connectivity index (χ3v) is 3.73. The SMILES string of the molecule is O=C(NCCc1nnc(-c2ccccc2)o1)c1cccs1. The van der Waals surface area contributed by atoms with Crippen LogP contribution in [0.2, 0.25) is 0 Å². The van der Waals surface area contributed by atoms with Crippen molar-refractivity contribution in [3.63, 3.8) is 0 Å². The van der Waals surface area contributed by atoms with Crippen LogP contribution in [0.25, 0.3) is 11.5 Å². The topological polar surface area (TPSA) is 68.0 Å². The van der Waals surface area contributed by atoms with Crippen LogP contribution in [0, 0.1) is 0 Å². The van der Waals surface area contributed by atoms with E-state index in [1.54, 1.807) is 6.07 Å². The molecule has 106 valence electrons. The highest BCUT2D eigenvalue weighted by Crippen LogP contribution is 2.16. The molecule has 3 aromatic rings. The zero-order valence-corrected chi connectivity index (χ0v) is 12.0. The molecule has 0 saturated carbocycles. The Kier molecular flexibility index (Phi) is 4.07. The van der Waals surface area contributed by atoms with Gasteiger partial charge in [-0.1, -0.05) is 24.3 Å². The third-order valence-electron chi connectivity index (χ3n) is 2.86. The molecule has 2 aromatic heterocycles. The van der Waals surface area contributed by atoms with Crippen LogP contribution in [0.3, 0.4) is 0 Å². The molecule has 3 rings (SSSR count). The number of nitrogens with zero attached hydrogens (tertiary/aromatic N) is 2. The Balaban J connectivity index is 1.55. The van der Waals surface area contributed by atoms with E-state index in [4.69, 9.17) is 4.42 Å². The van der Waals surface area contributed by atoms with Gasteiger partial charge in [0.1, 0.15) is 0 Å². The normalized spacial score (nSPS) is 10.5. The summed E-state index contributed by atoms with van der Waals surface area (Å²) in [5.41, 5.74) is 0.888. The van der Waals surface area contributed by atoms with Crippen molar-refractivity contribution < 1.29 is 9.21 Å². The molecule has 0 spiro atoms. The second-order valence-corrected chi connectivity index (χ2v) is 5.30. The van der Waals surface area contributed by atoms with Gasteiger partial charge in [-0.05, 0) is 23.6 Å². The second kappa shape index (κ2) is 6.32. The fourth-order valence-corrected chi connectivity index (χ4v) is 2.47. The summed E-state index contributed by atoms with van der Waals surface area (Å²) in [4.78, 5) is 12.5. The lowest BCUT2D eigenvalue weighted by Gasteiger charge is -2.00. The van der Waals surface area contributed by atoms with Crippen LogP contribution >= 0.6 is 11.3 Å². The molecular weight excluding hydrogens is 286 g/mol. The monoisotopic (exact) mass is 299 g/mol. The van der Waals surface area contributed by atoms with Gasteiger partial charge in [0.05, 0.1) is 4.88 Å². The van der Waals surface area contributed by atoms with E-state index in [0.29, 0.717) is 29.6 Å². The van der Waals surface area contributed by atoms with E-state index in [1.807, 2.05) is 41.8 Å². The zero-order valence-electron chi connectivity index (χ0n) is 11.2. The van der Waals surface area contributed by atoms with Gasteiger partial charge >= 0.3 is 0 Å². The van der Waals surface area contributed by atoms with Gasteiger partial charge in [0.2, 0.25) is 11.8 Å². The summed E-state index contributed by atoms with van der Waals surface area (Å²) in [6, 6.07) is 13.2. The van der Waals surface area contributed by atoms with Crippen LogP contribution in [0.15, 0.2) is 52.3 Å². The quantitative estimate of drug-likeness (QED) is 0.786. The molecule has 0 saturated heterocycles. The van der Waals surface area contributed by atoms with E-state index in [9.17, 15) is 4.79 Å². The Hall–Kier alpha value is -2.47. The lowest BCUT2D eigenvalue weighted by atomic mass is 10.2. The Labute approximate surface area is 125 Å². The zero-order chi connectivity index (χ0) is 14.5. The molecule has 1 aromatic carbocycles. The summed E-state index contributed by atoms with van der Waals surface area (Å²) >= 11 is 1.42. The molecular formula is C15H13N3O2S. The van der Waals surface area contributed by atoms with Crippen molar-refractivity contribution >= 4 is 17.2 Å². The third kappa shape index (κ3) is 3.35. The lowest BCUT2D eigenvalue weighted by molar-refractivity contribution is 0.0957. The Morgan fingerprint density at radius 1 is 1.14 bits per heavy atom. The number of nitrogens with one attached hydrogen (secondary N) is 1. The van der Waals surface area contributed by atoms with Crippen LogP contribution in [-0.2, 0) is 6.42 Å². The molecule has 5 nitrogen and oxygen atoms in total. The fraction of sp³-hybridized carbons (Fsp3) is 0.133. The van der Waals surface area contributed by atoms with E-state index in [-0.39, 0.29) is 5.91 Å². The van der Waals surface area contributed by atoms with Crippen molar-refractivity contribution in [2.45, 2.75) is 6.42 Å². The first-order chi connectivity index (χ1) is 10.3. The van der Waals surface area contributed by atoms with Crippen molar-refractivity contribution in [1.29, 1.82) is 0 Å². The van der Waals surface area contributed by atoms with Crippen LogP contribution in [0.5, 0.6) is 0 Å². The molecule has 1 amide bonds. The predicted octanol–water partition coefficient (Wildman–Crippen LogP) is 2.77. The summed E-state index contributed by atoms with van der Waals surface area (Å²) in [6.07, 6.45) is 0.511. The van der Waals surface area contributed by atoms with Gasteiger partial charge in [0.25, 0.3) is 5.91 Å². The molecule has 0 unspecified atom stereocenters. The van der Waals surface area contributed by atoms with Gasteiger partial charge in [-0.3, -0.25) is 4.79 Å². The number of amides is 1. The Bertz CT molecular complexity index is 708. The minimum absolute atomic E-state index is 0.0761. The molecule has 1 N–H and O–H groups in total. The van der Waals surface area contributed by atoms with Gasteiger partial charge in [0, 0.05) is 18.5 Å². The van der Waals surface area contributed by atoms with Crippen molar-refractivity contribution in [2.24, 2.45) is 0 Å². The smallest absolute Gasteiger partial charge is 0.261 e. The van der Waals surface area contributed by atoms with Gasteiger partial charge in [0.15, 0.2) is 0 Å². The fourth-order valence-electron chi connectivity index (χ4n) is 1.83. The Morgan fingerprint density at radius 3 is 2.76 bits per heavy atom. The van der Waals surface area contributed by atoms with Crippen molar-refractivity contribution in [3.05, 3.63) is 58.6 Å². The standard InChI is InChI=1S/C15H13N3O2S/c19-14(12-7-4-10-21-12)16-9-8-13-17-18-15(20-13)11-5-2-1-3-6-11/h1-7,10H,8-9H2,(H,16,19). The molecule has 0 aliphatic carbocycles. The average molecular weight is 299 g/mol. The van der Waals surface area contributed by atoms with E-state index >= 15 is 0 Å². The number of aromatic nitrogens is 2. The minimum Gasteiger partial charge on any atom is -0.421 e. The molecule has 0 atom stereocenters. The maximum atomic E-state index is 11.8. The summed E-state index contributed by atoms with van der Waals surface area (Å²) < 4.78 is 5.57. The Morgan fingerprint density at radius 2 is 2.00 bits per heavy atom. The maximum Gasteiger partial charge on any atom is 0.261 e. The first-order valence-corrected chi connectivity index (χ1v) is 7.40. The maximum absolute atomic E-state index is 11.8. The first-order valence-electron chi connectivity index (χ1n) is 6.52. The number of benzene rings is 1. The summed E-state index contributed by atoms with van der Waals surface area (Å²) in [7, 11) is 0. The van der Waals surface area contributed by atoms with Crippen LogP contribution in [0.4, 0.5) is 0 Å². The number of carbonyl (C=O) groups excluding carboxylic acids is 1. The number of rotatable bonds is 5. The minimum atomic E-state index is -0.0761.